The second-order valence-corrected chi connectivity index (χ2v) is 20.0. The molecule has 3 N–H and O–H groups in total. The number of hydrogen-bond donors (Lipinski definition) is 3. The Kier molecular flexibility index (Phi) is 8.86. The fraction of sp³-hybridized carbons (Fsp3) is 0.750. The van der Waals surface area contributed by atoms with Crippen molar-refractivity contribution in [1.29, 1.82) is 0 Å². The van der Waals surface area contributed by atoms with E-state index in [-0.39, 0.29) is 63.0 Å². The van der Waals surface area contributed by atoms with Gasteiger partial charge in [-0.15, -0.1) is 0 Å². The molecule has 7 nitrogen and oxygen atoms in total. The van der Waals surface area contributed by atoms with Crippen LogP contribution in [0.25, 0.3) is 0 Å². The van der Waals surface area contributed by atoms with Crippen LogP contribution in [0.15, 0.2) is 35.4 Å². The van der Waals surface area contributed by atoms with E-state index in [2.05, 4.69) is 46.9 Å². The first-order chi connectivity index (χ1) is 24.2. The highest BCUT2D eigenvalue weighted by Crippen LogP contribution is 2.87. The van der Waals surface area contributed by atoms with E-state index in [4.69, 9.17) is 4.74 Å². The zero-order valence-corrected chi connectivity index (χ0v) is 32.8. The number of carbonyl (C=O) groups excluding carboxylic acids is 2. The van der Waals surface area contributed by atoms with Crippen LogP contribution in [0.4, 0.5) is 4.39 Å². The van der Waals surface area contributed by atoms with Gasteiger partial charge in [0.2, 0.25) is 0 Å². The largest absolute Gasteiger partial charge is 0.481 e. The van der Waals surface area contributed by atoms with Crippen molar-refractivity contribution < 1.29 is 33.7 Å². The maximum absolute atomic E-state index is 14.0. The van der Waals surface area contributed by atoms with E-state index in [1.807, 2.05) is 0 Å². The lowest BCUT2D eigenvalue weighted by molar-refractivity contribution is -0.220. The van der Waals surface area contributed by atoms with Crippen molar-refractivity contribution >= 4 is 17.7 Å². The molecular weight excluding hydrogens is 657 g/mol. The van der Waals surface area contributed by atoms with Crippen molar-refractivity contribution in [1.82, 2.24) is 5.32 Å². The standard InChI is InChI=1S/C44H62FNO6/c1-26(2)35-30(47)21-43(32(48)24-46-23-27-9-11-28(45)12-10-27)19-17-39(5)29(36(35)43)13-14-31-40(39,6)18-20-44-25-42(44,8)33(15-16-41(31,44)7)52-34(49)22-38(3,4)37(50)51/h9-12,26,29,31-33,46,48H,13-25H2,1-8H3,(H,50,51)/t29-,31+,32?,33+,39-,40-,41-,42?,43?,44+/m1/s1. The number of hydrogen-bond acceptors (Lipinski definition) is 6. The SMILES string of the molecule is CC(C)C1=C2[C@H]3CC[C@@H]4[C@@]5(C)CC[C@H](OC(=O)CC(C)(C)C(=O)O)C6(C)C[C@]65CC[C@@]4(C)[C@]3(C)CCC2(C(O)CNCc2ccc(F)cc2)CC1=O. The Labute approximate surface area is 309 Å². The number of allylic oxidation sites excluding steroid dienone is 1. The Balaban J connectivity index is 1.14. The van der Waals surface area contributed by atoms with E-state index >= 15 is 0 Å². The van der Waals surface area contributed by atoms with E-state index in [1.165, 1.54) is 17.7 Å². The first kappa shape index (κ1) is 37.7. The lowest BCUT2D eigenvalue weighted by atomic mass is 9.33. The van der Waals surface area contributed by atoms with Gasteiger partial charge in [-0.2, -0.15) is 0 Å². The molecule has 8 heteroatoms. The molecule has 0 amide bonds. The summed E-state index contributed by atoms with van der Waals surface area (Å²) in [4.78, 5) is 38.8. The number of carbonyl (C=O) groups is 3. The Morgan fingerprint density at radius 2 is 1.62 bits per heavy atom. The molecule has 0 heterocycles. The van der Waals surface area contributed by atoms with Crippen LogP contribution in [0, 0.1) is 61.5 Å². The third-order valence-electron chi connectivity index (χ3n) is 17.1. The summed E-state index contributed by atoms with van der Waals surface area (Å²) < 4.78 is 19.7. The van der Waals surface area contributed by atoms with E-state index in [1.54, 1.807) is 26.0 Å². The molecule has 7 rings (SSSR count). The number of aliphatic carboxylic acids is 1. The zero-order valence-electron chi connectivity index (χ0n) is 32.8. The number of aliphatic hydroxyl groups is 1. The maximum Gasteiger partial charge on any atom is 0.309 e. The van der Waals surface area contributed by atoms with E-state index in [0.717, 1.165) is 68.9 Å². The summed E-state index contributed by atoms with van der Waals surface area (Å²) in [5.41, 5.74) is 1.56. The Morgan fingerprint density at radius 1 is 0.942 bits per heavy atom. The molecular formula is C44H62FNO6. The number of benzene rings is 1. The summed E-state index contributed by atoms with van der Waals surface area (Å²) in [5, 5.41) is 25.2. The van der Waals surface area contributed by atoms with Gasteiger partial charge >= 0.3 is 11.9 Å². The topological polar surface area (TPSA) is 113 Å². The molecule has 1 aromatic carbocycles. The number of nitrogens with one attached hydrogen (secondary N) is 1. The number of carboxylic acids is 1. The van der Waals surface area contributed by atoms with Crippen LogP contribution in [0.2, 0.25) is 0 Å². The summed E-state index contributed by atoms with van der Waals surface area (Å²) in [7, 11) is 0. The van der Waals surface area contributed by atoms with Gasteiger partial charge in [0.05, 0.1) is 17.9 Å². The number of aliphatic hydroxyl groups excluding tert-OH is 1. The molecule has 6 aliphatic carbocycles. The van der Waals surface area contributed by atoms with Gasteiger partial charge < -0.3 is 20.3 Å². The Bertz CT molecular complexity index is 1680. The second-order valence-electron chi connectivity index (χ2n) is 20.0. The van der Waals surface area contributed by atoms with Crippen LogP contribution >= 0.6 is 0 Å². The first-order valence-corrected chi connectivity index (χ1v) is 20.1. The van der Waals surface area contributed by atoms with Gasteiger partial charge in [-0.3, -0.25) is 14.4 Å². The van der Waals surface area contributed by atoms with Gasteiger partial charge in [-0.25, -0.2) is 4.39 Å². The Morgan fingerprint density at radius 3 is 2.27 bits per heavy atom. The highest BCUT2D eigenvalue weighted by molar-refractivity contribution is 6.00. The monoisotopic (exact) mass is 719 g/mol. The molecule has 286 valence electrons. The van der Waals surface area contributed by atoms with Crippen LogP contribution in [0.3, 0.4) is 0 Å². The van der Waals surface area contributed by atoms with E-state index in [9.17, 15) is 29.0 Å². The number of halogens is 1. The fourth-order valence-corrected chi connectivity index (χ4v) is 13.9. The normalized spacial score (nSPS) is 41.4. The second kappa shape index (κ2) is 12.2. The van der Waals surface area contributed by atoms with Crippen molar-refractivity contribution in [2.45, 2.75) is 145 Å². The highest BCUT2D eigenvalue weighted by atomic mass is 19.1. The van der Waals surface area contributed by atoms with Crippen LogP contribution in [0.1, 0.15) is 132 Å². The van der Waals surface area contributed by atoms with Crippen molar-refractivity contribution in [3.8, 4) is 0 Å². The lowest BCUT2D eigenvalue weighted by Crippen LogP contribution is -2.65. The van der Waals surface area contributed by atoms with Crippen LogP contribution in [-0.2, 0) is 25.7 Å². The smallest absolute Gasteiger partial charge is 0.309 e. The van der Waals surface area contributed by atoms with Gasteiger partial charge in [-0.05, 0) is 134 Å². The third-order valence-corrected chi connectivity index (χ3v) is 17.1. The summed E-state index contributed by atoms with van der Waals surface area (Å²) >= 11 is 0. The van der Waals surface area contributed by atoms with Crippen molar-refractivity contribution in [3.05, 3.63) is 46.8 Å². The molecule has 10 atom stereocenters. The average molecular weight is 720 g/mol. The number of esters is 1. The number of rotatable bonds is 10. The van der Waals surface area contributed by atoms with Gasteiger partial charge in [0.25, 0.3) is 0 Å². The zero-order chi connectivity index (χ0) is 37.9. The quantitative estimate of drug-likeness (QED) is 0.208. The molecule has 0 radical (unpaired) electrons. The van der Waals surface area contributed by atoms with E-state index < -0.39 is 28.9 Å². The highest BCUT2D eigenvalue weighted by Gasteiger charge is 2.82. The summed E-state index contributed by atoms with van der Waals surface area (Å²) in [6.07, 6.45) is 8.24. The van der Waals surface area contributed by atoms with Crippen molar-refractivity contribution in [2.24, 2.45) is 55.7 Å². The molecule has 1 spiro atoms. The molecule has 1 aromatic rings. The molecule has 0 bridgehead atoms. The van der Waals surface area contributed by atoms with Crippen molar-refractivity contribution in [2.75, 3.05) is 6.54 Å². The number of Topliss-reactive ketones (excluding diaryl/α,β-unsaturated/α-hetero) is 1. The number of ketones is 1. The molecule has 0 aromatic heterocycles. The molecule has 5 fully saturated rings. The lowest BCUT2D eigenvalue weighted by Gasteiger charge is -2.71. The maximum atomic E-state index is 14.0. The number of carboxylic acid groups (broad SMARTS) is 1. The van der Waals surface area contributed by atoms with Gasteiger partial charge in [0.15, 0.2) is 5.78 Å². The Hall–Kier alpha value is -2.58. The predicted octanol–water partition coefficient (Wildman–Crippen LogP) is 8.42. The predicted molar refractivity (Wildman–Crippen MR) is 197 cm³/mol. The molecule has 5 saturated carbocycles. The minimum atomic E-state index is -1.16. The first-order valence-electron chi connectivity index (χ1n) is 20.1. The average Bonchev–Trinajstić information content (AvgIpc) is 3.59. The van der Waals surface area contributed by atoms with Gasteiger partial charge in [0.1, 0.15) is 11.9 Å². The fourth-order valence-electron chi connectivity index (χ4n) is 13.9. The summed E-state index contributed by atoms with van der Waals surface area (Å²) in [5.74, 6) is -0.631. The summed E-state index contributed by atoms with van der Waals surface area (Å²) in [6.45, 7) is 18.3. The van der Waals surface area contributed by atoms with Crippen molar-refractivity contribution in [3.63, 3.8) is 0 Å². The minimum Gasteiger partial charge on any atom is -0.481 e. The van der Waals surface area contributed by atoms with Gasteiger partial charge in [0, 0.05) is 30.3 Å². The van der Waals surface area contributed by atoms with Crippen LogP contribution < -0.4 is 5.32 Å². The van der Waals surface area contributed by atoms with Crippen LogP contribution in [-0.4, -0.2) is 46.7 Å². The minimum absolute atomic E-state index is 0.0254. The number of ether oxygens (including phenoxy) is 1. The third kappa shape index (κ3) is 5.11. The number of fused-ring (bicyclic) bond motifs is 6. The molecule has 0 aliphatic heterocycles. The van der Waals surface area contributed by atoms with Crippen LogP contribution in [0.5, 0.6) is 0 Å². The molecule has 6 aliphatic rings. The molecule has 0 saturated heterocycles. The van der Waals surface area contributed by atoms with Gasteiger partial charge in [-0.1, -0.05) is 59.2 Å². The molecule has 52 heavy (non-hydrogen) atoms. The molecule has 3 unspecified atom stereocenters. The van der Waals surface area contributed by atoms with E-state index in [0.29, 0.717) is 25.4 Å². The summed E-state index contributed by atoms with van der Waals surface area (Å²) in [6, 6.07) is 6.45.